The zero-order valence-corrected chi connectivity index (χ0v) is 12.5. The van der Waals surface area contributed by atoms with Gasteiger partial charge in [-0.1, -0.05) is 19.9 Å². The van der Waals surface area contributed by atoms with Gasteiger partial charge < -0.3 is 10.6 Å². The highest BCUT2D eigenvalue weighted by Crippen LogP contribution is 2.29. The van der Waals surface area contributed by atoms with E-state index in [9.17, 15) is 0 Å². The van der Waals surface area contributed by atoms with Crippen LogP contribution in [0, 0.1) is 5.92 Å². The molecule has 1 fully saturated rings. The molecule has 1 aromatic heterocycles. The second kappa shape index (κ2) is 6.38. The van der Waals surface area contributed by atoms with Crippen molar-refractivity contribution in [3.05, 3.63) is 23.9 Å². The van der Waals surface area contributed by atoms with E-state index in [0.29, 0.717) is 6.04 Å². The Morgan fingerprint density at radius 1 is 1.47 bits per heavy atom. The van der Waals surface area contributed by atoms with Crippen molar-refractivity contribution in [2.75, 3.05) is 11.4 Å². The SMILES string of the molecule is CCC(N)Cc1cccnc1N1CCCC(C)C1C. The summed E-state index contributed by atoms with van der Waals surface area (Å²) >= 11 is 0. The molecule has 2 heterocycles. The monoisotopic (exact) mass is 261 g/mol. The molecule has 19 heavy (non-hydrogen) atoms. The normalized spacial score (nSPS) is 25.4. The van der Waals surface area contributed by atoms with E-state index in [1.54, 1.807) is 0 Å². The average Bonchev–Trinajstić information content (AvgIpc) is 2.42. The third kappa shape index (κ3) is 3.27. The van der Waals surface area contributed by atoms with E-state index >= 15 is 0 Å². The fourth-order valence-corrected chi connectivity index (χ4v) is 2.91. The third-order valence-corrected chi connectivity index (χ3v) is 4.52. The third-order valence-electron chi connectivity index (χ3n) is 4.52. The fraction of sp³-hybridized carbons (Fsp3) is 0.688. The quantitative estimate of drug-likeness (QED) is 0.906. The number of hydrogen-bond acceptors (Lipinski definition) is 3. The van der Waals surface area contributed by atoms with Gasteiger partial charge >= 0.3 is 0 Å². The van der Waals surface area contributed by atoms with E-state index < -0.39 is 0 Å². The van der Waals surface area contributed by atoms with Gasteiger partial charge in [0.25, 0.3) is 0 Å². The molecule has 1 saturated heterocycles. The van der Waals surface area contributed by atoms with Gasteiger partial charge in [-0.2, -0.15) is 0 Å². The van der Waals surface area contributed by atoms with Crippen molar-refractivity contribution in [1.82, 2.24) is 4.98 Å². The summed E-state index contributed by atoms with van der Waals surface area (Å²) in [6.45, 7) is 7.93. The Labute approximate surface area is 117 Å². The second-order valence-corrected chi connectivity index (χ2v) is 5.91. The topological polar surface area (TPSA) is 42.1 Å². The van der Waals surface area contributed by atoms with Gasteiger partial charge in [-0.15, -0.1) is 0 Å². The molecule has 0 spiro atoms. The summed E-state index contributed by atoms with van der Waals surface area (Å²) in [6.07, 6.45) is 6.44. The van der Waals surface area contributed by atoms with Crippen LogP contribution < -0.4 is 10.6 Å². The van der Waals surface area contributed by atoms with Crippen LogP contribution in [0.5, 0.6) is 0 Å². The van der Waals surface area contributed by atoms with E-state index in [0.717, 1.165) is 31.1 Å². The molecule has 0 saturated carbocycles. The maximum Gasteiger partial charge on any atom is 0.132 e. The molecule has 0 radical (unpaired) electrons. The minimum absolute atomic E-state index is 0.237. The summed E-state index contributed by atoms with van der Waals surface area (Å²) in [4.78, 5) is 7.12. The maximum absolute atomic E-state index is 6.12. The molecule has 0 amide bonds. The van der Waals surface area contributed by atoms with Crippen molar-refractivity contribution < 1.29 is 0 Å². The number of anilines is 1. The molecular formula is C16H27N3. The first kappa shape index (κ1) is 14.3. The molecule has 106 valence electrons. The van der Waals surface area contributed by atoms with E-state index in [-0.39, 0.29) is 6.04 Å². The van der Waals surface area contributed by atoms with Crippen LogP contribution in [0.4, 0.5) is 5.82 Å². The van der Waals surface area contributed by atoms with Crippen molar-refractivity contribution in [2.45, 2.75) is 58.5 Å². The standard InChI is InChI=1S/C16H27N3/c1-4-15(17)11-14-8-5-9-18-16(14)19-10-6-7-12(2)13(19)3/h5,8-9,12-13,15H,4,6-7,10-11,17H2,1-3H3. The summed E-state index contributed by atoms with van der Waals surface area (Å²) < 4.78 is 0. The van der Waals surface area contributed by atoms with Crippen LogP contribution in [0.3, 0.4) is 0 Å². The van der Waals surface area contributed by atoms with E-state index in [2.05, 4.69) is 36.7 Å². The Morgan fingerprint density at radius 2 is 2.26 bits per heavy atom. The summed E-state index contributed by atoms with van der Waals surface area (Å²) in [5, 5.41) is 0. The van der Waals surface area contributed by atoms with Crippen LogP contribution in [0.25, 0.3) is 0 Å². The molecule has 0 bridgehead atoms. The van der Waals surface area contributed by atoms with Crippen LogP contribution in [0.15, 0.2) is 18.3 Å². The zero-order valence-electron chi connectivity index (χ0n) is 12.5. The number of nitrogens with zero attached hydrogens (tertiary/aromatic N) is 2. The van der Waals surface area contributed by atoms with Crippen LogP contribution in [0.1, 0.15) is 45.6 Å². The van der Waals surface area contributed by atoms with Crippen molar-refractivity contribution >= 4 is 5.82 Å². The largest absolute Gasteiger partial charge is 0.353 e. The summed E-state index contributed by atoms with van der Waals surface area (Å²) in [5.41, 5.74) is 7.42. The average molecular weight is 261 g/mol. The van der Waals surface area contributed by atoms with Gasteiger partial charge in [0.05, 0.1) is 0 Å². The maximum atomic E-state index is 6.12. The Bertz CT molecular complexity index is 405. The molecule has 2 rings (SSSR count). The number of nitrogens with two attached hydrogens (primary N) is 1. The van der Waals surface area contributed by atoms with Gasteiger partial charge in [0.1, 0.15) is 5.82 Å². The van der Waals surface area contributed by atoms with Gasteiger partial charge in [-0.05, 0) is 50.2 Å². The second-order valence-electron chi connectivity index (χ2n) is 5.91. The smallest absolute Gasteiger partial charge is 0.132 e. The first-order chi connectivity index (χ1) is 9.13. The highest BCUT2D eigenvalue weighted by Gasteiger charge is 2.27. The van der Waals surface area contributed by atoms with E-state index in [4.69, 9.17) is 5.73 Å². The Hall–Kier alpha value is -1.09. The Morgan fingerprint density at radius 3 is 3.00 bits per heavy atom. The first-order valence-corrected chi connectivity index (χ1v) is 7.59. The number of hydrogen-bond donors (Lipinski definition) is 1. The highest BCUT2D eigenvalue weighted by atomic mass is 15.2. The number of pyridine rings is 1. The minimum Gasteiger partial charge on any atom is -0.353 e. The predicted octanol–water partition coefficient (Wildman–Crippen LogP) is 2.99. The van der Waals surface area contributed by atoms with Gasteiger partial charge in [-0.25, -0.2) is 4.98 Å². The molecule has 0 aliphatic carbocycles. The van der Waals surface area contributed by atoms with Gasteiger partial charge in [0, 0.05) is 24.8 Å². The Kier molecular flexibility index (Phi) is 4.81. The van der Waals surface area contributed by atoms with Crippen LogP contribution in [0.2, 0.25) is 0 Å². The lowest BCUT2D eigenvalue weighted by Gasteiger charge is -2.39. The van der Waals surface area contributed by atoms with Crippen molar-refractivity contribution in [1.29, 1.82) is 0 Å². The van der Waals surface area contributed by atoms with Crippen molar-refractivity contribution in [3.63, 3.8) is 0 Å². The molecular weight excluding hydrogens is 234 g/mol. The Balaban J connectivity index is 2.23. The van der Waals surface area contributed by atoms with Crippen LogP contribution in [-0.2, 0) is 6.42 Å². The molecule has 3 nitrogen and oxygen atoms in total. The fourth-order valence-electron chi connectivity index (χ4n) is 2.91. The molecule has 3 heteroatoms. The minimum atomic E-state index is 0.237. The lowest BCUT2D eigenvalue weighted by atomic mass is 9.91. The van der Waals surface area contributed by atoms with Gasteiger partial charge in [0.15, 0.2) is 0 Å². The number of piperidine rings is 1. The van der Waals surface area contributed by atoms with Gasteiger partial charge in [0.2, 0.25) is 0 Å². The lowest BCUT2D eigenvalue weighted by molar-refractivity contribution is 0.361. The van der Waals surface area contributed by atoms with E-state index in [1.165, 1.54) is 18.4 Å². The molecule has 1 aromatic rings. The summed E-state index contributed by atoms with van der Waals surface area (Å²) in [5.74, 6) is 1.90. The molecule has 0 aromatic carbocycles. The van der Waals surface area contributed by atoms with Crippen molar-refractivity contribution in [3.8, 4) is 0 Å². The molecule has 3 unspecified atom stereocenters. The van der Waals surface area contributed by atoms with Gasteiger partial charge in [-0.3, -0.25) is 0 Å². The number of aromatic nitrogens is 1. The predicted molar refractivity (Wildman–Crippen MR) is 81.4 cm³/mol. The number of rotatable bonds is 4. The van der Waals surface area contributed by atoms with Crippen molar-refractivity contribution in [2.24, 2.45) is 11.7 Å². The molecule has 2 N–H and O–H groups in total. The van der Waals surface area contributed by atoms with Crippen LogP contribution >= 0.6 is 0 Å². The zero-order chi connectivity index (χ0) is 13.8. The molecule has 1 aliphatic heterocycles. The van der Waals surface area contributed by atoms with Crippen LogP contribution in [-0.4, -0.2) is 23.6 Å². The van der Waals surface area contributed by atoms with E-state index in [1.807, 2.05) is 12.3 Å². The molecule has 1 aliphatic rings. The highest BCUT2D eigenvalue weighted by molar-refractivity contribution is 5.48. The molecule has 3 atom stereocenters. The summed E-state index contributed by atoms with van der Waals surface area (Å²) in [7, 11) is 0. The lowest BCUT2D eigenvalue weighted by Crippen LogP contribution is -2.43. The summed E-state index contributed by atoms with van der Waals surface area (Å²) in [6, 6.07) is 5.02. The first-order valence-electron chi connectivity index (χ1n) is 7.59.